The Balaban J connectivity index is 2.20. The second kappa shape index (κ2) is 6.53. The van der Waals surface area contributed by atoms with Gasteiger partial charge in [-0.25, -0.2) is 4.39 Å². The van der Waals surface area contributed by atoms with Crippen LogP contribution in [0.3, 0.4) is 0 Å². The Morgan fingerprint density at radius 3 is 2.57 bits per heavy atom. The maximum atomic E-state index is 14.2. The quantitative estimate of drug-likeness (QED) is 0.462. The highest BCUT2D eigenvalue weighted by molar-refractivity contribution is 14.1. The molecule has 2 rings (SSSR count). The van der Waals surface area contributed by atoms with E-state index < -0.39 is 5.60 Å². The number of ether oxygens (including phenoxy) is 1. The number of rotatable bonds is 4. The summed E-state index contributed by atoms with van der Waals surface area (Å²) in [5, 5.41) is 0. The zero-order chi connectivity index (χ0) is 15.7. The van der Waals surface area contributed by atoms with Crippen LogP contribution < -0.4 is 0 Å². The first kappa shape index (κ1) is 17.2. The summed E-state index contributed by atoms with van der Waals surface area (Å²) in [5.74, 6) is 0.498. The molecule has 0 heterocycles. The smallest absolute Gasteiger partial charge is 0.129 e. The summed E-state index contributed by atoms with van der Waals surface area (Å²) in [5.41, 5.74) is 0.434. The van der Waals surface area contributed by atoms with E-state index in [1.54, 1.807) is 6.07 Å². The van der Waals surface area contributed by atoms with Crippen LogP contribution in [0.15, 0.2) is 24.3 Å². The lowest BCUT2D eigenvalue weighted by Gasteiger charge is -2.42. The van der Waals surface area contributed by atoms with E-state index in [1.165, 1.54) is 12.5 Å². The van der Waals surface area contributed by atoms with Crippen LogP contribution in [0.1, 0.15) is 52.5 Å². The summed E-state index contributed by atoms with van der Waals surface area (Å²) in [6, 6.07) is 7.00. The molecule has 0 bridgehead atoms. The van der Waals surface area contributed by atoms with Crippen LogP contribution in [-0.4, -0.2) is 10.5 Å². The molecule has 0 saturated heterocycles. The van der Waals surface area contributed by atoms with Crippen LogP contribution in [0.2, 0.25) is 0 Å². The van der Waals surface area contributed by atoms with Gasteiger partial charge in [-0.2, -0.15) is 0 Å². The summed E-state index contributed by atoms with van der Waals surface area (Å²) in [7, 11) is 0. The predicted octanol–water partition coefficient (Wildman–Crippen LogP) is 5.71. The van der Waals surface area contributed by atoms with E-state index in [-0.39, 0.29) is 11.9 Å². The Morgan fingerprint density at radius 1 is 1.33 bits per heavy atom. The molecule has 3 heteroatoms. The molecule has 0 aromatic heterocycles. The first-order valence-corrected chi connectivity index (χ1v) is 9.27. The SMILES string of the molecule is CC1CC(OC(C)(CI)c2ccccc2F)CC(C)(C)C1. The largest absolute Gasteiger partial charge is 0.366 e. The van der Waals surface area contributed by atoms with Crippen LogP contribution >= 0.6 is 22.6 Å². The van der Waals surface area contributed by atoms with E-state index in [0.29, 0.717) is 16.9 Å². The molecule has 1 aliphatic carbocycles. The molecule has 0 N–H and O–H groups in total. The minimum absolute atomic E-state index is 0.167. The minimum atomic E-state index is -0.552. The average Bonchev–Trinajstić information content (AvgIpc) is 2.36. The molecule has 1 aliphatic rings. The lowest BCUT2D eigenvalue weighted by Crippen LogP contribution is -2.39. The fourth-order valence-corrected chi connectivity index (χ4v) is 4.36. The number of alkyl halides is 1. The topological polar surface area (TPSA) is 9.23 Å². The van der Waals surface area contributed by atoms with Gasteiger partial charge in [0.05, 0.1) is 6.10 Å². The van der Waals surface area contributed by atoms with Gasteiger partial charge < -0.3 is 4.74 Å². The zero-order valence-electron chi connectivity index (χ0n) is 13.5. The fraction of sp³-hybridized carbons (Fsp3) is 0.667. The molecule has 118 valence electrons. The van der Waals surface area contributed by atoms with Crippen molar-refractivity contribution in [2.75, 3.05) is 4.43 Å². The van der Waals surface area contributed by atoms with Gasteiger partial charge in [0.25, 0.3) is 0 Å². The van der Waals surface area contributed by atoms with E-state index in [0.717, 1.165) is 17.3 Å². The summed E-state index contributed by atoms with van der Waals surface area (Å²) < 4.78 is 21.4. The molecule has 3 unspecified atom stereocenters. The third kappa shape index (κ3) is 4.19. The van der Waals surface area contributed by atoms with E-state index in [4.69, 9.17) is 4.74 Å². The van der Waals surface area contributed by atoms with Crippen molar-refractivity contribution in [1.82, 2.24) is 0 Å². The minimum Gasteiger partial charge on any atom is -0.366 e. The number of benzene rings is 1. The first-order chi connectivity index (χ1) is 9.76. The summed E-state index contributed by atoms with van der Waals surface area (Å²) >= 11 is 2.30. The maximum Gasteiger partial charge on any atom is 0.129 e. The van der Waals surface area contributed by atoms with E-state index in [9.17, 15) is 4.39 Å². The molecule has 1 aromatic rings. The van der Waals surface area contributed by atoms with Crippen LogP contribution in [0.5, 0.6) is 0 Å². The first-order valence-electron chi connectivity index (χ1n) is 7.74. The van der Waals surface area contributed by atoms with Gasteiger partial charge in [0.2, 0.25) is 0 Å². The van der Waals surface area contributed by atoms with E-state index >= 15 is 0 Å². The van der Waals surface area contributed by atoms with Gasteiger partial charge >= 0.3 is 0 Å². The van der Waals surface area contributed by atoms with Gasteiger partial charge in [-0.3, -0.25) is 0 Å². The van der Waals surface area contributed by atoms with Crippen molar-refractivity contribution in [2.24, 2.45) is 11.3 Å². The Bertz CT molecular complexity index is 488. The molecular weight excluding hydrogens is 378 g/mol. The predicted molar refractivity (Wildman–Crippen MR) is 94.3 cm³/mol. The lowest BCUT2D eigenvalue weighted by atomic mass is 9.71. The van der Waals surface area contributed by atoms with Gasteiger partial charge in [-0.1, -0.05) is 61.6 Å². The van der Waals surface area contributed by atoms with Crippen molar-refractivity contribution in [1.29, 1.82) is 0 Å². The Morgan fingerprint density at radius 2 is 2.00 bits per heavy atom. The molecular formula is C18H26FIO. The Hall–Kier alpha value is -0.160. The molecule has 0 amide bonds. The van der Waals surface area contributed by atoms with Crippen LogP contribution in [-0.2, 0) is 10.3 Å². The third-order valence-corrected chi connectivity index (χ3v) is 5.93. The number of halogens is 2. The highest BCUT2D eigenvalue weighted by Crippen LogP contribution is 2.42. The van der Waals surface area contributed by atoms with E-state index in [1.807, 2.05) is 19.1 Å². The molecule has 1 saturated carbocycles. The van der Waals surface area contributed by atoms with Crippen molar-refractivity contribution in [3.05, 3.63) is 35.6 Å². The number of hydrogen-bond acceptors (Lipinski definition) is 1. The third-order valence-electron chi connectivity index (χ3n) is 4.47. The van der Waals surface area contributed by atoms with Crippen LogP contribution in [0.25, 0.3) is 0 Å². The molecule has 3 atom stereocenters. The van der Waals surface area contributed by atoms with Gasteiger partial charge in [0.15, 0.2) is 0 Å². The number of hydrogen-bond donors (Lipinski definition) is 0. The second-order valence-corrected chi connectivity index (χ2v) is 8.26. The van der Waals surface area contributed by atoms with Gasteiger partial charge in [-0.05, 0) is 43.6 Å². The van der Waals surface area contributed by atoms with Crippen molar-refractivity contribution >= 4 is 22.6 Å². The van der Waals surface area contributed by atoms with Crippen molar-refractivity contribution < 1.29 is 9.13 Å². The average molecular weight is 404 g/mol. The van der Waals surface area contributed by atoms with Crippen molar-refractivity contribution in [2.45, 2.75) is 58.7 Å². The van der Waals surface area contributed by atoms with Gasteiger partial charge in [0, 0.05) is 9.99 Å². The lowest BCUT2D eigenvalue weighted by molar-refractivity contribution is -0.111. The Kier molecular flexibility index (Phi) is 5.35. The van der Waals surface area contributed by atoms with Crippen molar-refractivity contribution in [3.63, 3.8) is 0 Å². The Labute approximate surface area is 141 Å². The molecule has 0 spiro atoms. The standard InChI is InChI=1S/C18H26FIO/c1-13-9-14(11-17(2,3)10-13)21-18(4,12-20)15-7-5-6-8-16(15)19/h5-8,13-14H,9-12H2,1-4H3. The van der Waals surface area contributed by atoms with Crippen LogP contribution in [0, 0.1) is 17.2 Å². The molecule has 1 aromatic carbocycles. The summed E-state index contributed by atoms with van der Waals surface area (Å²) in [4.78, 5) is 0. The van der Waals surface area contributed by atoms with E-state index in [2.05, 4.69) is 43.4 Å². The zero-order valence-corrected chi connectivity index (χ0v) is 15.6. The van der Waals surface area contributed by atoms with Crippen molar-refractivity contribution in [3.8, 4) is 0 Å². The monoisotopic (exact) mass is 404 g/mol. The molecule has 1 nitrogen and oxygen atoms in total. The maximum absolute atomic E-state index is 14.2. The second-order valence-electron chi connectivity index (χ2n) is 7.50. The highest BCUT2D eigenvalue weighted by atomic mass is 127. The molecule has 21 heavy (non-hydrogen) atoms. The molecule has 0 aliphatic heterocycles. The molecule has 1 fully saturated rings. The van der Waals surface area contributed by atoms with Crippen LogP contribution in [0.4, 0.5) is 4.39 Å². The van der Waals surface area contributed by atoms with Gasteiger partial charge in [-0.15, -0.1) is 0 Å². The summed E-state index contributed by atoms with van der Waals surface area (Å²) in [6.07, 6.45) is 3.58. The normalized spacial score (nSPS) is 28.1. The fourth-order valence-electron chi connectivity index (χ4n) is 3.77. The highest BCUT2D eigenvalue weighted by Gasteiger charge is 2.38. The molecule has 0 radical (unpaired) electrons. The summed E-state index contributed by atoms with van der Waals surface area (Å²) in [6.45, 7) is 8.93. The van der Waals surface area contributed by atoms with Gasteiger partial charge in [0.1, 0.15) is 11.4 Å².